The molecule has 2 atom stereocenters. The molecular formula is C24H30N2O4S. The molecule has 3 rings (SSSR count). The minimum atomic E-state index is -0.918. The predicted octanol–water partition coefficient (Wildman–Crippen LogP) is 4.63. The van der Waals surface area contributed by atoms with Gasteiger partial charge >= 0.3 is 5.97 Å². The van der Waals surface area contributed by atoms with E-state index < -0.39 is 5.97 Å². The number of carbonyl (C=O) groups excluding carboxylic acids is 2. The number of hydrogen-bond donors (Lipinski definition) is 3. The zero-order valence-electron chi connectivity index (χ0n) is 18.1. The number of thiophene rings is 1. The van der Waals surface area contributed by atoms with Crippen LogP contribution in [0.4, 0.5) is 5.00 Å². The summed E-state index contributed by atoms with van der Waals surface area (Å²) in [6.45, 7) is 4.35. The molecule has 1 aromatic heterocycles. The highest BCUT2D eigenvalue weighted by Gasteiger charge is 2.29. The van der Waals surface area contributed by atoms with E-state index in [1.807, 2.05) is 30.3 Å². The number of carboxylic acid groups (broad SMARTS) is 1. The zero-order valence-corrected chi connectivity index (χ0v) is 18.9. The van der Waals surface area contributed by atoms with Gasteiger partial charge in [-0.3, -0.25) is 14.4 Å². The fourth-order valence-electron chi connectivity index (χ4n) is 4.06. The lowest BCUT2D eigenvalue weighted by molar-refractivity contribution is -0.138. The number of benzene rings is 1. The third-order valence-electron chi connectivity index (χ3n) is 5.78. The second kappa shape index (κ2) is 10.6. The monoisotopic (exact) mass is 442 g/mol. The van der Waals surface area contributed by atoms with E-state index in [0.717, 1.165) is 36.8 Å². The molecule has 0 saturated heterocycles. The van der Waals surface area contributed by atoms with Gasteiger partial charge in [0.1, 0.15) is 5.00 Å². The minimum Gasteiger partial charge on any atom is -0.481 e. The van der Waals surface area contributed by atoms with E-state index in [1.54, 1.807) is 6.92 Å². The average Bonchev–Trinajstić information content (AvgIpc) is 3.08. The summed E-state index contributed by atoms with van der Waals surface area (Å²) in [4.78, 5) is 37.8. The maximum absolute atomic E-state index is 13.1. The van der Waals surface area contributed by atoms with Crippen molar-refractivity contribution >= 4 is 34.1 Å². The van der Waals surface area contributed by atoms with Crippen LogP contribution < -0.4 is 10.6 Å². The highest BCUT2D eigenvalue weighted by atomic mass is 32.1. The Morgan fingerprint density at radius 2 is 1.94 bits per heavy atom. The van der Waals surface area contributed by atoms with Gasteiger partial charge in [0.15, 0.2) is 0 Å². The van der Waals surface area contributed by atoms with Crippen LogP contribution in [0.2, 0.25) is 0 Å². The van der Waals surface area contributed by atoms with Crippen molar-refractivity contribution in [2.24, 2.45) is 11.8 Å². The summed E-state index contributed by atoms with van der Waals surface area (Å²) in [7, 11) is 0. The van der Waals surface area contributed by atoms with Gasteiger partial charge in [0.25, 0.3) is 5.91 Å². The lowest BCUT2D eigenvalue weighted by atomic mass is 9.85. The summed E-state index contributed by atoms with van der Waals surface area (Å²) in [6.07, 6.45) is 3.96. The first-order chi connectivity index (χ1) is 14.9. The number of amides is 2. The number of carbonyl (C=O) groups is 3. The predicted molar refractivity (Wildman–Crippen MR) is 122 cm³/mol. The summed E-state index contributed by atoms with van der Waals surface area (Å²) in [6, 6.07) is 9.72. The molecular weight excluding hydrogens is 412 g/mol. The summed E-state index contributed by atoms with van der Waals surface area (Å²) < 4.78 is 0. The van der Waals surface area contributed by atoms with Crippen LogP contribution in [0.3, 0.4) is 0 Å². The second-order valence-electron chi connectivity index (χ2n) is 8.35. The molecule has 0 fully saturated rings. The largest absolute Gasteiger partial charge is 0.481 e. The molecule has 0 spiro atoms. The fraction of sp³-hybridized carbons (Fsp3) is 0.458. The van der Waals surface area contributed by atoms with Gasteiger partial charge in [-0.15, -0.1) is 11.3 Å². The summed E-state index contributed by atoms with van der Waals surface area (Å²) in [5.74, 6) is -1.02. The molecule has 6 nitrogen and oxygen atoms in total. The first kappa shape index (κ1) is 23.0. The van der Waals surface area contributed by atoms with E-state index in [1.165, 1.54) is 16.2 Å². The number of fused-ring (bicyclic) bond motifs is 1. The molecule has 3 N–H and O–H groups in total. The molecule has 7 heteroatoms. The Balaban J connectivity index is 1.78. The van der Waals surface area contributed by atoms with Crippen LogP contribution in [0, 0.1) is 11.8 Å². The van der Waals surface area contributed by atoms with Crippen molar-refractivity contribution in [1.82, 2.24) is 5.32 Å². The fourth-order valence-corrected chi connectivity index (χ4v) is 5.44. The number of anilines is 1. The average molecular weight is 443 g/mol. The Morgan fingerprint density at radius 1 is 1.19 bits per heavy atom. The van der Waals surface area contributed by atoms with Crippen LogP contribution in [0.25, 0.3) is 0 Å². The molecule has 2 amide bonds. The smallest absolute Gasteiger partial charge is 0.303 e. The van der Waals surface area contributed by atoms with Crippen molar-refractivity contribution < 1.29 is 19.5 Å². The van der Waals surface area contributed by atoms with Gasteiger partial charge in [-0.2, -0.15) is 0 Å². The second-order valence-corrected chi connectivity index (χ2v) is 9.45. The molecule has 0 saturated carbocycles. The Kier molecular flexibility index (Phi) is 7.85. The van der Waals surface area contributed by atoms with Gasteiger partial charge in [-0.05, 0) is 42.2 Å². The number of rotatable bonds is 9. The molecule has 31 heavy (non-hydrogen) atoms. The van der Waals surface area contributed by atoms with Crippen molar-refractivity contribution in [1.29, 1.82) is 0 Å². The quantitative estimate of drug-likeness (QED) is 0.527. The number of hydrogen-bond acceptors (Lipinski definition) is 4. The molecule has 0 unspecified atom stereocenters. The van der Waals surface area contributed by atoms with Crippen LogP contribution >= 0.6 is 11.3 Å². The minimum absolute atomic E-state index is 0.0586. The van der Waals surface area contributed by atoms with Gasteiger partial charge in [0.2, 0.25) is 5.91 Å². The van der Waals surface area contributed by atoms with Crippen LogP contribution in [-0.4, -0.2) is 22.9 Å². The molecule has 1 aromatic carbocycles. The van der Waals surface area contributed by atoms with E-state index in [4.69, 9.17) is 5.11 Å². The number of aliphatic carboxylic acids is 1. The zero-order chi connectivity index (χ0) is 22.4. The van der Waals surface area contributed by atoms with Gasteiger partial charge in [-0.1, -0.05) is 50.6 Å². The highest BCUT2D eigenvalue weighted by molar-refractivity contribution is 7.17. The Bertz CT molecular complexity index is 939. The van der Waals surface area contributed by atoms with E-state index in [0.29, 0.717) is 23.0 Å². The van der Waals surface area contributed by atoms with Gasteiger partial charge in [0, 0.05) is 24.3 Å². The normalized spacial score (nSPS) is 16.3. The SMILES string of the molecule is CC[C@@H]1CCc2c(sc(NC(=O)C[C@H](C)CC(=O)O)c2C(=O)NCc2ccccc2)C1. The van der Waals surface area contributed by atoms with Crippen LogP contribution in [-0.2, 0) is 29.0 Å². The van der Waals surface area contributed by atoms with E-state index >= 15 is 0 Å². The third-order valence-corrected chi connectivity index (χ3v) is 6.95. The van der Waals surface area contributed by atoms with E-state index in [9.17, 15) is 14.4 Å². The molecule has 2 aromatic rings. The topological polar surface area (TPSA) is 95.5 Å². The maximum atomic E-state index is 13.1. The lowest BCUT2D eigenvalue weighted by Gasteiger charge is -2.21. The molecule has 166 valence electrons. The molecule has 0 radical (unpaired) electrons. The Hall–Kier alpha value is -2.67. The third kappa shape index (κ3) is 6.17. The van der Waals surface area contributed by atoms with Crippen molar-refractivity contribution in [3.63, 3.8) is 0 Å². The van der Waals surface area contributed by atoms with Crippen molar-refractivity contribution in [3.05, 3.63) is 51.9 Å². The summed E-state index contributed by atoms with van der Waals surface area (Å²) in [5.41, 5.74) is 2.64. The molecule has 1 heterocycles. The first-order valence-corrected chi connectivity index (χ1v) is 11.7. The van der Waals surface area contributed by atoms with Gasteiger partial charge < -0.3 is 15.7 Å². The highest BCUT2D eigenvalue weighted by Crippen LogP contribution is 2.40. The standard InChI is InChI=1S/C24H30N2O4S/c1-3-16-9-10-18-19(13-16)31-24(26-20(27)11-15(2)12-21(28)29)22(18)23(30)25-14-17-7-5-4-6-8-17/h4-8,15-16H,3,9-14H2,1-2H3,(H,25,30)(H,26,27)(H,28,29)/t15-,16+/m0/s1. The van der Waals surface area contributed by atoms with Gasteiger partial charge in [-0.25, -0.2) is 0 Å². The molecule has 0 aliphatic heterocycles. The van der Waals surface area contributed by atoms with Gasteiger partial charge in [0.05, 0.1) is 5.56 Å². The summed E-state index contributed by atoms with van der Waals surface area (Å²) in [5, 5.41) is 15.4. The van der Waals surface area contributed by atoms with Crippen LogP contribution in [0.15, 0.2) is 30.3 Å². The summed E-state index contributed by atoms with van der Waals surface area (Å²) >= 11 is 1.49. The molecule has 1 aliphatic rings. The maximum Gasteiger partial charge on any atom is 0.303 e. The van der Waals surface area contributed by atoms with Crippen molar-refractivity contribution in [3.8, 4) is 0 Å². The number of carboxylic acids is 1. The van der Waals surface area contributed by atoms with E-state index in [2.05, 4.69) is 17.6 Å². The van der Waals surface area contributed by atoms with Crippen molar-refractivity contribution in [2.75, 3.05) is 5.32 Å². The molecule has 1 aliphatic carbocycles. The lowest BCUT2D eigenvalue weighted by Crippen LogP contribution is -2.26. The number of nitrogens with one attached hydrogen (secondary N) is 2. The van der Waals surface area contributed by atoms with E-state index in [-0.39, 0.29) is 30.6 Å². The van der Waals surface area contributed by atoms with Crippen LogP contribution in [0.5, 0.6) is 0 Å². The molecule has 0 bridgehead atoms. The Labute approximate surface area is 187 Å². The van der Waals surface area contributed by atoms with Crippen molar-refractivity contribution in [2.45, 2.75) is 58.9 Å². The Morgan fingerprint density at radius 3 is 2.61 bits per heavy atom. The van der Waals surface area contributed by atoms with Crippen LogP contribution in [0.1, 0.15) is 65.9 Å². The first-order valence-electron chi connectivity index (χ1n) is 10.9.